The lowest BCUT2D eigenvalue weighted by Gasteiger charge is -2.11. The van der Waals surface area contributed by atoms with Crippen molar-refractivity contribution in [1.29, 1.82) is 0 Å². The van der Waals surface area contributed by atoms with Crippen molar-refractivity contribution in [3.05, 3.63) is 28.6 Å². The zero-order valence-electron chi connectivity index (χ0n) is 8.92. The van der Waals surface area contributed by atoms with Crippen molar-refractivity contribution in [3.8, 4) is 5.75 Å². The van der Waals surface area contributed by atoms with Crippen molar-refractivity contribution < 1.29 is 17.9 Å². The van der Waals surface area contributed by atoms with Crippen LogP contribution in [0.2, 0.25) is 0 Å². The molecule has 0 amide bonds. The number of hydrogen-bond acceptors (Lipinski definition) is 3. The molecule has 3 nitrogen and oxygen atoms in total. The number of aromatic hydroxyl groups is 1. The summed E-state index contributed by atoms with van der Waals surface area (Å²) in [7, 11) is 1.42. The van der Waals surface area contributed by atoms with Crippen LogP contribution in [0.15, 0.2) is 6.07 Å². The van der Waals surface area contributed by atoms with E-state index in [0.717, 1.165) is 0 Å². The van der Waals surface area contributed by atoms with E-state index in [1.54, 1.807) is 6.92 Å². The Labute approximate surface area is 98.3 Å². The van der Waals surface area contributed by atoms with E-state index in [9.17, 15) is 17.9 Å². The third kappa shape index (κ3) is 3.09. The Morgan fingerprint density at radius 1 is 1.44 bits per heavy atom. The Morgan fingerprint density at radius 2 is 2.00 bits per heavy atom. The maximum atomic E-state index is 13.3. The van der Waals surface area contributed by atoms with Gasteiger partial charge in [-0.1, -0.05) is 0 Å². The average Bonchev–Trinajstić information content (AvgIpc) is 2.13. The summed E-state index contributed by atoms with van der Waals surface area (Å²) < 4.78 is 34.9. The highest BCUT2D eigenvalue weighted by molar-refractivity contribution is 8.13. The van der Waals surface area contributed by atoms with Gasteiger partial charge in [0.15, 0.2) is 0 Å². The number of hydrogen-bond donors (Lipinski definition) is 1. The van der Waals surface area contributed by atoms with Crippen LogP contribution >= 0.6 is 10.7 Å². The maximum absolute atomic E-state index is 13.3. The third-order valence-electron chi connectivity index (χ3n) is 2.41. The molecule has 16 heavy (non-hydrogen) atoms. The summed E-state index contributed by atoms with van der Waals surface area (Å²) in [6.45, 7) is 3.04. The van der Waals surface area contributed by atoms with Crippen molar-refractivity contribution in [1.82, 2.24) is 0 Å². The second-order valence-electron chi connectivity index (χ2n) is 3.62. The second kappa shape index (κ2) is 4.59. The Kier molecular flexibility index (Phi) is 3.80. The Bertz CT molecular complexity index is 485. The van der Waals surface area contributed by atoms with Crippen molar-refractivity contribution in [2.75, 3.05) is 5.75 Å². The average molecular weight is 267 g/mol. The Balaban J connectivity index is 3.13. The van der Waals surface area contributed by atoms with Gasteiger partial charge in [-0.15, -0.1) is 0 Å². The lowest BCUT2D eigenvalue weighted by molar-refractivity contribution is 0.460. The second-order valence-corrected chi connectivity index (χ2v) is 6.52. The highest BCUT2D eigenvalue weighted by Crippen LogP contribution is 2.28. The van der Waals surface area contributed by atoms with Gasteiger partial charge in [0.25, 0.3) is 0 Å². The zero-order chi connectivity index (χ0) is 12.5. The van der Waals surface area contributed by atoms with Crippen LogP contribution in [-0.2, 0) is 15.5 Å². The first-order chi connectivity index (χ1) is 7.22. The van der Waals surface area contributed by atoms with E-state index in [0.29, 0.717) is 11.1 Å². The predicted octanol–water partition coefficient (Wildman–Crippen LogP) is 2.26. The topological polar surface area (TPSA) is 54.4 Å². The number of benzene rings is 1. The van der Waals surface area contributed by atoms with E-state index < -0.39 is 14.9 Å². The van der Waals surface area contributed by atoms with Gasteiger partial charge >= 0.3 is 0 Å². The van der Waals surface area contributed by atoms with Crippen LogP contribution in [0.5, 0.6) is 5.75 Å². The Morgan fingerprint density at radius 3 is 2.50 bits per heavy atom. The van der Waals surface area contributed by atoms with Crippen molar-refractivity contribution in [2.45, 2.75) is 20.3 Å². The highest BCUT2D eigenvalue weighted by atomic mass is 35.7. The van der Waals surface area contributed by atoms with Gasteiger partial charge in [0.1, 0.15) is 11.6 Å². The molecule has 0 aliphatic heterocycles. The molecular formula is C10H12ClFO3S. The van der Waals surface area contributed by atoms with Gasteiger partial charge in [-0.05, 0) is 37.5 Å². The molecule has 1 N–H and O–H groups in total. The molecule has 0 spiro atoms. The smallest absolute Gasteiger partial charge is 0.232 e. The molecule has 0 atom stereocenters. The number of halogens is 2. The van der Waals surface area contributed by atoms with Gasteiger partial charge in [0, 0.05) is 16.2 Å². The molecule has 0 unspecified atom stereocenters. The van der Waals surface area contributed by atoms with Crippen LogP contribution in [0.25, 0.3) is 0 Å². The largest absolute Gasteiger partial charge is 0.507 e. The normalized spacial score (nSPS) is 11.8. The first-order valence-electron chi connectivity index (χ1n) is 4.62. The van der Waals surface area contributed by atoms with E-state index in [1.165, 1.54) is 13.0 Å². The van der Waals surface area contributed by atoms with E-state index in [2.05, 4.69) is 0 Å². The minimum absolute atomic E-state index is 0.00208. The van der Waals surface area contributed by atoms with Gasteiger partial charge < -0.3 is 5.11 Å². The molecule has 0 aliphatic rings. The van der Waals surface area contributed by atoms with Crippen LogP contribution in [-0.4, -0.2) is 19.3 Å². The highest BCUT2D eigenvalue weighted by Gasteiger charge is 2.15. The van der Waals surface area contributed by atoms with E-state index >= 15 is 0 Å². The molecule has 1 aromatic rings. The summed E-state index contributed by atoms with van der Waals surface area (Å²) in [6, 6.07) is 1.21. The summed E-state index contributed by atoms with van der Waals surface area (Å²) in [6.07, 6.45) is 0.00208. The van der Waals surface area contributed by atoms with Gasteiger partial charge in [-0.25, -0.2) is 12.8 Å². The molecule has 0 aromatic heterocycles. The Hall–Kier alpha value is -0.810. The molecule has 0 radical (unpaired) electrons. The van der Waals surface area contributed by atoms with Gasteiger partial charge in [-0.2, -0.15) is 0 Å². The van der Waals surface area contributed by atoms with Crippen LogP contribution in [0, 0.1) is 19.7 Å². The molecule has 1 aromatic carbocycles. The summed E-state index contributed by atoms with van der Waals surface area (Å²) in [4.78, 5) is 0. The minimum atomic E-state index is -3.64. The van der Waals surface area contributed by atoms with Gasteiger partial charge in [0.05, 0.1) is 5.75 Å². The summed E-state index contributed by atoms with van der Waals surface area (Å²) in [5.74, 6) is -0.859. The van der Waals surface area contributed by atoms with Gasteiger partial charge in [-0.3, -0.25) is 0 Å². The number of aryl methyl sites for hydroxylation is 1. The van der Waals surface area contributed by atoms with Gasteiger partial charge in [0.2, 0.25) is 9.05 Å². The fraction of sp³-hybridized carbons (Fsp3) is 0.400. The summed E-state index contributed by atoms with van der Waals surface area (Å²) in [5.41, 5.74) is 0.926. The minimum Gasteiger partial charge on any atom is -0.507 e. The van der Waals surface area contributed by atoms with Crippen LogP contribution in [0.4, 0.5) is 4.39 Å². The fourth-order valence-corrected chi connectivity index (χ4v) is 2.14. The third-order valence-corrected chi connectivity index (χ3v) is 3.56. The van der Waals surface area contributed by atoms with Crippen molar-refractivity contribution in [3.63, 3.8) is 0 Å². The SMILES string of the molecule is Cc1cc(F)c(C)c(CCS(=O)(=O)Cl)c1O. The molecule has 0 saturated carbocycles. The molecule has 0 fully saturated rings. The van der Waals surface area contributed by atoms with Crippen LogP contribution in [0.3, 0.4) is 0 Å². The first-order valence-corrected chi connectivity index (χ1v) is 7.10. The number of rotatable bonds is 3. The van der Waals surface area contributed by atoms with E-state index in [-0.39, 0.29) is 23.5 Å². The van der Waals surface area contributed by atoms with E-state index in [1.807, 2.05) is 0 Å². The molecule has 0 bridgehead atoms. The molecule has 0 aliphatic carbocycles. The van der Waals surface area contributed by atoms with Crippen molar-refractivity contribution >= 4 is 19.7 Å². The van der Waals surface area contributed by atoms with Crippen LogP contribution in [0.1, 0.15) is 16.7 Å². The quantitative estimate of drug-likeness (QED) is 0.854. The molecule has 0 saturated heterocycles. The van der Waals surface area contributed by atoms with Crippen LogP contribution < -0.4 is 0 Å². The molecule has 6 heteroatoms. The standard InChI is InChI=1S/C10H12ClFO3S/c1-6-5-9(12)7(2)8(10(6)13)3-4-16(11,14)15/h5,13H,3-4H2,1-2H3. The number of phenolic OH excluding ortho intramolecular Hbond substituents is 1. The predicted molar refractivity (Wildman–Crippen MR) is 60.9 cm³/mol. The van der Waals surface area contributed by atoms with Crippen molar-refractivity contribution in [2.24, 2.45) is 0 Å². The van der Waals surface area contributed by atoms with E-state index in [4.69, 9.17) is 10.7 Å². The number of phenols is 1. The molecule has 0 heterocycles. The first kappa shape index (κ1) is 13.3. The zero-order valence-corrected chi connectivity index (χ0v) is 10.5. The monoisotopic (exact) mass is 266 g/mol. The maximum Gasteiger partial charge on any atom is 0.232 e. The molecule has 90 valence electrons. The lowest BCUT2D eigenvalue weighted by atomic mass is 10.0. The molecule has 1 rings (SSSR count). The fourth-order valence-electron chi connectivity index (χ4n) is 1.46. The summed E-state index contributed by atoms with van der Waals surface area (Å²) >= 11 is 0. The lowest BCUT2D eigenvalue weighted by Crippen LogP contribution is -2.04. The molecular weight excluding hydrogens is 255 g/mol. The summed E-state index contributed by atoms with van der Waals surface area (Å²) in [5, 5.41) is 9.70.